The molecule has 0 amide bonds. The molecule has 3 aromatic rings. The lowest BCUT2D eigenvalue weighted by Crippen LogP contribution is -2.29. The van der Waals surface area contributed by atoms with Crippen molar-refractivity contribution in [1.82, 2.24) is 20.4 Å². The van der Waals surface area contributed by atoms with Gasteiger partial charge in [-0.2, -0.15) is 0 Å². The minimum absolute atomic E-state index is 0.219. The van der Waals surface area contributed by atoms with Crippen molar-refractivity contribution in [2.24, 2.45) is 5.92 Å². The highest BCUT2D eigenvalue weighted by Gasteiger charge is 2.19. The van der Waals surface area contributed by atoms with E-state index in [1.54, 1.807) is 7.05 Å². The Kier molecular flexibility index (Phi) is 7.73. The van der Waals surface area contributed by atoms with Crippen LogP contribution in [0.1, 0.15) is 49.3 Å². The number of nitrogens with one attached hydrogen (secondary N) is 1. The molecule has 1 aliphatic rings. The minimum Gasteiger partial charge on any atom is -0.491 e. The van der Waals surface area contributed by atoms with Gasteiger partial charge in [0.05, 0.1) is 17.0 Å². The highest BCUT2D eigenvalue weighted by molar-refractivity contribution is 5.67. The lowest BCUT2D eigenvalue weighted by atomic mass is 9.86. The van der Waals surface area contributed by atoms with Gasteiger partial charge in [0.1, 0.15) is 24.2 Å². The molecule has 33 heavy (non-hydrogen) atoms. The molecule has 1 atom stereocenters. The van der Waals surface area contributed by atoms with Gasteiger partial charge in [0.2, 0.25) is 0 Å². The van der Waals surface area contributed by atoms with Gasteiger partial charge in [-0.1, -0.05) is 49.4 Å². The lowest BCUT2D eigenvalue weighted by Gasteiger charge is -2.21. The standard InChI is InChI=1S/C26H34N4O3/c1-17-25(18(2)33-30-17)24-14-21(12-19-8-5-4-6-9-19)28-26(29-24)20-10-7-11-23(13-20)32-16-22(31)15-27-3/h7,10-11,13-14,19,22,27,31H,4-6,8-9,12,15-16H2,1-3H3/t22-/m1/s1. The van der Waals surface area contributed by atoms with E-state index in [1.807, 2.05) is 38.1 Å². The molecule has 7 nitrogen and oxygen atoms in total. The Balaban J connectivity index is 1.66. The fourth-order valence-corrected chi connectivity index (χ4v) is 4.61. The van der Waals surface area contributed by atoms with Crippen molar-refractivity contribution in [3.05, 3.63) is 47.5 Å². The van der Waals surface area contributed by atoms with Gasteiger partial charge in [-0.25, -0.2) is 9.97 Å². The van der Waals surface area contributed by atoms with Crippen molar-refractivity contribution in [2.45, 2.75) is 58.5 Å². The van der Waals surface area contributed by atoms with Crippen LogP contribution < -0.4 is 10.1 Å². The summed E-state index contributed by atoms with van der Waals surface area (Å²) in [6.07, 6.45) is 6.86. The summed E-state index contributed by atoms with van der Waals surface area (Å²) in [7, 11) is 1.80. The third-order valence-corrected chi connectivity index (χ3v) is 6.27. The van der Waals surface area contributed by atoms with E-state index in [0.29, 0.717) is 24.0 Å². The third kappa shape index (κ3) is 5.97. The second kappa shape index (κ2) is 10.9. The average molecular weight is 451 g/mol. The largest absolute Gasteiger partial charge is 0.491 e. The Bertz CT molecular complexity index is 1040. The monoisotopic (exact) mass is 450 g/mol. The van der Waals surface area contributed by atoms with Crippen LogP contribution in [0.2, 0.25) is 0 Å². The molecule has 2 heterocycles. The predicted octanol–water partition coefficient (Wildman–Crippen LogP) is 4.50. The molecule has 1 aromatic carbocycles. The van der Waals surface area contributed by atoms with Gasteiger partial charge in [0, 0.05) is 17.8 Å². The summed E-state index contributed by atoms with van der Waals surface area (Å²) < 4.78 is 11.2. The summed E-state index contributed by atoms with van der Waals surface area (Å²) in [6.45, 7) is 4.56. The molecule has 0 radical (unpaired) electrons. The zero-order chi connectivity index (χ0) is 23.2. The van der Waals surface area contributed by atoms with Crippen LogP contribution in [-0.2, 0) is 6.42 Å². The summed E-state index contributed by atoms with van der Waals surface area (Å²) in [6, 6.07) is 9.84. The van der Waals surface area contributed by atoms with E-state index >= 15 is 0 Å². The predicted molar refractivity (Wildman–Crippen MR) is 128 cm³/mol. The van der Waals surface area contributed by atoms with Crippen molar-refractivity contribution in [2.75, 3.05) is 20.2 Å². The fourth-order valence-electron chi connectivity index (χ4n) is 4.61. The number of aromatic nitrogens is 3. The second-order valence-electron chi connectivity index (χ2n) is 9.03. The van der Waals surface area contributed by atoms with Gasteiger partial charge in [-0.05, 0) is 51.4 Å². The zero-order valence-corrected chi connectivity index (χ0v) is 19.8. The van der Waals surface area contributed by atoms with Crippen molar-refractivity contribution in [3.63, 3.8) is 0 Å². The smallest absolute Gasteiger partial charge is 0.160 e. The number of rotatable bonds is 9. The number of likely N-dealkylation sites (N-methyl/N-ethyl adjacent to an activating group) is 1. The van der Waals surface area contributed by atoms with Crippen LogP contribution in [-0.4, -0.2) is 46.5 Å². The Hall–Kier alpha value is -2.77. The number of aliphatic hydroxyl groups excluding tert-OH is 1. The van der Waals surface area contributed by atoms with E-state index in [4.69, 9.17) is 19.2 Å². The molecule has 1 aliphatic carbocycles. The number of hydrogen-bond donors (Lipinski definition) is 2. The number of aryl methyl sites for hydroxylation is 2. The van der Waals surface area contributed by atoms with E-state index in [9.17, 15) is 5.11 Å². The first-order valence-electron chi connectivity index (χ1n) is 11.9. The molecular weight excluding hydrogens is 416 g/mol. The maximum Gasteiger partial charge on any atom is 0.160 e. The number of ether oxygens (including phenoxy) is 1. The van der Waals surface area contributed by atoms with Crippen LogP contribution in [0.5, 0.6) is 5.75 Å². The number of hydrogen-bond acceptors (Lipinski definition) is 7. The van der Waals surface area contributed by atoms with Gasteiger partial charge >= 0.3 is 0 Å². The highest BCUT2D eigenvalue weighted by atomic mass is 16.5. The van der Waals surface area contributed by atoms with E-state index in [0.717, 1.165) is 40.4 Å². The van der Waals surface area contributed by atoms with Crippen molar-refractivity contribution in [1.29, 1.82) is 0 Å². The first-order valence-corrected chi connectivity index (χ1v) is 11.9. The molecule has 0 bridgehead atoms. The Morgan fingerprint density at radius 1 is 1.15 bits per heavy atom. The van der Waals surface area contributed by atoms with Crippen LogP contribution >= 0.6 is 0 Å². The summed E-state index contributed by atoms with van der Waals surface area (Å²) in [5.41, 5.74) is 4.55. The summed E-state index contributed by atoms with van der Waals surface area (Å²) in [5.74, 6) is 2.78. The maximum atomic E-state index is 9.96. The number of nitrogens with zero attached hydrogens (tertiary/aromatic N) is 3. The van der Waals surface area contributed by atoms with Crippen LogP contribution in [0.3, 0.4) is 0 Å². The molecule has 1 fully saturated rings. The summed E-state index contributed by atoms with van der Waals surface area (Å²) >= 11 is 0. The summed E-state index contributed by atoms with van der Waals surface area (Å²) in [4.78, 5) is 9.86. The van der Waals surface area contributed by atoms with Crippen LogP contribution in [0.15, 0.2) is 34.9 Å². The maximum absolute atomic E-state index is 9.96. The highest BCUT2D eigenvalue weighted by Crippen LogP contribution is 2.31. The van der Waals surface area contributed by atoms with E-state index < -0.39 is 6.10 Å². The topological polar surface area (TPSA) is 93.3 Å². The fraction of sp³-hybridized carbons (Fsp3) is 0.500. The van der Waals surface area contributed by atoms with Crippen LogP contribution in [0, 0.1) is 19.8 Å². The van der Waals surface area contributed by atoms with Crippen molar-refractivity contribution >= 4 is 0 Å². The molecule has 2 aromatic heterocycles. The Labute approximate surface area is 195 Å². The third-order valence-electron chi connectivity index (χ3n) is 6.27. The van der Waals surface area contributed by atoms with Crippen LogP contribution in [0.4, 0.5) is 0 Å². The van der Waals surface area contributed by atoms with E-state index in [1.165, 1.54) is 32.1 Å². The SMILES string of the molecule is CNC[C@@H](O)COc1cccc(-c2nc(CC3CCCCC3)cc(-c3c(C)noc3C)n2)c1. The Morgan fingerprint density at radius 3 is 2.70 bits per heavy atom. The van der Waals surface area contributed by atoms with Gasteiger partial charge in [-0.3, -0.25) is 0 Å². The molecule has 0 spiro atoms. The average Bonchev–Trinajstić information content (AvgIpc) is 3.16. The van der Waals surface area contributed by atoms with Gasteiger partial charge in [0.15, 0.2) is 5.82 Å². The molecule has 0 unspecified atom stereocenters. The van der Waals surface area contributed by atoms with Crippen molar-refractivity contribution < 1.29 is 14.4 Å². The number of benzene rings is 1. The molecule has 4 rings (SSSR count). The van der Waals surface area contributed by atoms with Gasteiger partial charge in [-0.15, -0.1) is 0 Å². The number of aliphatic hydroxyl groups is 1. The molecule has 176 valence electrons. The normalized spacial score (nSPS) is 15.5. The molecule has 2 N–H and O–H groups in total. The summed E-state index contributed by atoms with van der Waals surface area (Å²) in [5, 5.41) is 17.0. The van der Waals surface area contributed by atoms with Crippen molar-refractivity contribution in [3.8, 4) is 28.4 Å². The van der Waals surface area contributed by atoms with Crippen LogP contribution in [0.25, 0.3) is 22.6 Å². The van der Waals surface area contributed by atoms with Gasteiger partial charge in [0.25, 0.3) is 0 Å². The Morgan fingerprint density at radius 2 is 1.97 bits per heavy atom. The minimum atomic E-state index is -0.570. The molecule has 0 saturated heterocycles. The molecule has 7 heteroatoms. The van der Waals surface area contributed by atoms with Gasteiger partial charge < -0.3 is 19.7 Å². The van der Waals surface area contributed by atoms with E-state index in [2.05, 4.69) is 16.5 Å². The first kappa shape index (κ1) is 23.4. The second-order valence-corrected chi connectivity index (χ2v) is 9.03. The lowest BCUT2D eigenvalue weighted by molar-refractivity contribution is 0.108. The first-order chi connectivity index (χ1) is 16.0. The molecule has 1 saturated carbocycles. The zero-order valence-electron chi connectivity index (χ0n) is 19.8. The van der Waals surface area contributed by atoms with E-state index in [-0.39, 0.29) is 6.61 Å². The molecular formula is C26H34N4O3. The molecule has 0 aliphatic heterocycles. The quantitative estimate of drug-likeness (QED) is 0.496.